The molecule has 1 atom stereocenters. The zero-order chi connectivity index (χ0) is 23.5. The Kier molecular flexibility index (Phi) is 6.38. The number of carbonyl (C=O) groups excluding carboxylic acids is 2. The van der Waals surface area contributed by atoms with Gasteiger partial charge in [0.15, 0.2) is 0 Å². The van der Waals surface area contributed by atoms with E-state index in [4.69, 9.17) is 21.1 Å². The molecular weight excluding hydrogens is 442 g/mol. The van der Waals surface area contributed by atoms with E-state index in [2.05, 4.69) is 0 Å². The molecule has 1 N–H and O–H groups in total. The fraction of sp³-hybridized carbons (Fsp3) is 0.154. The lowest BCUT2D eigenvalue weighted by atomic mass is 9.95. The molecule has 1 heterocycles. The molecule has 1 aliphatic rings. The van der Waals surface area contributed by atoms with Crippen molar-refractivity contribution in [2.45, 2.75) is 12.6 Å². The average Bonchev–Trinajstić information content (AvgIpc) is 3.09. The topological polar surface area (TPSA) is 76.1 Å². The Morgan fingerprint density at radius 1 is 0.939 bits per heavy atom. The minimum Gasteiger partial charge on any atom is -0.507 e. The molecule has 0 bridgehead atoms. The van der Waals surface area contributed by atoms with Gasteiger partial charge in [-0.3, -0.25) is 9.59 Å². The van der Waals surface area contributed by atoms with Crippen molar-refractivity contribution in [2.24, 2.45) is 0 Å². The first kappa shape index (κ1) is 22.4. The Labute approximate surface area is 196 Å². The van der Waals surface area contributed by atoms with Gasteiger partial charge in [0.2, 0.25) is 0 Å². The maximum absolute atomic E-state index is 13.1. The van der Waals surface area contributed by atoms with Crippen molar-refractivity contribution < 1.29 is 24.2 Å². The van der Waals surface area contributed by atoms with Gasteiger partial charge >= 0.3 is 0 Å². The van der Waals surface area contributed by atoms with Crippen molar-refractivity contribution in [2.75, 3.05) is 14.2 Å². The number of Topliss-reactive ketones (excluding diaryl/α,β-unsaturated/α-hetero) is 1. The highest BCUT2D eigenvalue weighted by atomic mass is 35.5. The third-order valence-corrected chi connectivity index (χ3v) is 5.83. The largest absolute Gasteiger partial charge is 0.507 e. The molecule has 3 aromatic rings. The Balaban J connectivity index is 1.83. The highest BCUT2D eigenvalue weighted by Gasteiger charge is 2.46. The summed E-state index contributed by atoms with van der Waals surface area (Å²) in [5.74, 6) is -0.480. The summed E-state index contributed by atoms with van der Waals surface area (Å²) in [5, 5.41) is 11.7. The zero-order valence-corrected chi connectivity index (χ0v) is 18.9. The minimum atomic E-state index is -0.782. The molecule has 3 aromatic carbocycles. The van der Waals surface area contributed by atoms with Crippen LogP contribution in [0.1, 0.15) is 22.7 Å². The molecule has 7 heteroatoms. The number of ketones is 1. The van der Waals surface area contributed by atoms with Crippen LogP contribution in [0, 0.1) is 0 Å². The highest BCUT2D eigenvalue weighted by molar-refractivity contribution is 6.46. The number of carbonyl (C=O) groups is 2. The number of ether oxygens (including phenoxy) is 2. The summed E-state index contributed by atoms with van der Waals surface area (Å²) in [5.41, 5.74) is 1.88. The lowest BCUT2D eigenvalue weighted by Crippen LogP contribution is -2.29. The van der Waals surface area contributed by atoms with Gasteiger partial charge in [0.1, 0.15) is 17.3 Å². The van der Waals surface area contributed by atoms with Crippen molar-refractivity contribution >= 4 is 29.1 Å². The van der Waals surface area contributed by atoms with Crippen molar-refractivity contribution in [1.29, 1.82) is 0 Å². The van der Waals surface area contributed by atoms with Crippen LogP contribution in [-0.4, -0.2) is 35.9 Å². The quantitative estimate of drug-likeness (QED) is 0.317. The van der Waals surface area contributed by atoms with Gasteiger partial charge in [0.05, 0.1) is 25.8 Å². The number of methoxy groups -OCH3 is 2. The van der Waals surface area contributed by atoms with Crippen molar-refractivity contribution in [3.05, 3.63) is 100 Å². The zero-order valence-electron chi connectivity index (χ0n) is 18.1. The first-order valence-electron chi connectivity index (χ1n) is 10.2. The molecule has 33 heavy (non-hydrogen) atoms. The van der Waals surface area contributed by atoms with Gasteiger partial charge in [-0.25, -0.2) is 0 Å². The van der Waals surface area contributed by atoms with Crippen LogP contribution in [0.3, 0.4) is 0 Å². The van der Waals surface area contributed by atoms with Crippen LogP contribution in [0.15, 0.2) is 78.4 Å². The molecule has 6 nitrogen and oxygen atoms in total. The molecule has 1 aliphatic heterocycles. The summed E-state index contributed by atoms with van der Waals surface area (Å²) < 4.78 is 10.4. The van der Waals surface area contributed by atoms with E-state index in [0.717, 1.165) is 5.56 Å². The Hall–Kier alpha value is -3.77. The molecule has 0 radical (unpaired) electrons. The molecule has 1 saturated heterocycles. The molecule has 0 saturated carbocycles. The predicted octanol–water partition coefficient (Wildman–Crippen LogP) is 4.98. The molecule has 1 fully saturated rings. The van der Waals surface area contributed by atoms with E-state index >= 15 is 0 Å². The van der Waals surface area contributed by atoms with Gasteiger partial charge in [-0.15, -0.1) is 0 Å². The Morgan fingerprint density at radius 3 is 2.24 bits per heavy atom. The number of hydrogen-bond donors (Lipinski definition) is 1. The molecular formula is C26H22ClNO5. The van der Waals surface area contributed by atoms with E-state index in [1.807, 2.05) is 12.1 Å². The van der Waals surface area contributed by atoms with Crippen molar-refractivity contribution in [3.63, 3.8) is 0 Å². The van der Waals surface area contributed by atoms with Gasteiger partial charge in [-0.05, 0) is 47.5 Å². The average molecular weight is 464 g/mol. The second kappa shape index (κ2) is 9.38. The standard InChI is InChI=1S/C26H22ClNO5/c1-32-20-12-6-16(7-13-20)15-28-23(17-8-10-19(27)11-9-17)22(25(30)26(28)31)24(29)18-4-3-5-21(14-18)33-2/h3-14,23,29H,15H2,1-2H3/b24-22-. The SMILES string of the molecule is COc1ccc(CN2C(=O)C(=O)/C(=C(\O)c3cccc(OC)c3)C2c2ccc(Cl)cc2)cc1. The van der Waals surface area contributed by atoms with Crippen LogP contribution in [0.2, 0.25) is 5.02 Å². The lowest BCUT2D eigenvalue weighted by molar-refractivity contribution is -0.140. The minimum absolute atomic E-state index is 0.0177. The number of hydrogen-bond acceptors (Lipinski definition) is 5. The summed E-state index contributed by atoms with van der Waals surface area (Å²) in [6, 6.07) is 20.1. The van der Waals surface area contributed by atoms with Crippen LogP contribution in [-0.2, 0) is 16.1 Å². The van der Waals surface area contributed by atoms with E-state index in [0.29, 0.717) is 27.6 Å². The first-order chi connectivity index (χ1) is 15.9. The number of nitrogens with zero attached hydrogens (tertiary/aromatic N) is 1. The monoisotopic (exact) mass is 463 g/mol. The molecule has 0 aromatic heterocycles. The number of halogens is 1. The third kappa shape index (κ3) is 4.43. The number of rotatable bonds is 6. The Morgan fingerprint density at radius 2 is 1.61 bits per heavy atom. The molecule has 1 amide bonds. The second-order valence-corrected chi connectivity index (χ2v) is 8.00. The number of benzene rings is 3. The lowest BCUT2D eigenvalue weighted by Gasteiger charge is -2.25. The van der Waals surface area contributed by atoms with Gasteiger partial charge in [0, 0.05) is 17.1 Å². The molecule has 1 unspecified atom stereocenters. The number of aliphatic hydroxyl groups is 1. The number of aliphatic hydroxyl groups excluding tert-OH is 1. The van der Waals surface area contributed by atoms with Crippen LogP contribution >= 0.6 is 11.6 Å². The van der Waals surface area contributed by atoms with Gasteiger partial charge in [0.25, 0.3) is 11.7 Å². The summed E-state index contributed by atoms with van der Waals surface area (Å²) >= 11 is 6.06. The smallest absolute Gasteiger partial charge is 0.295 e. The Bertz CT molecular complexity index is 1220. The van der Waals surface area contributed by atoms with E-state index in [9.17, 15) is 14.7 Å². The van der Waals surface area contributed by atoms with E-state index in [1.54, 1.807) is 67.8 Å². The van der Waals surface area contributed by atoms with Crippen LogP contribution in [0.4, 0.5) is 0 Å². The van der Waals surface area contributed by atoms with Gasteiger partial charge in [-0.2, -0.15) is 0 Å². The normalized spacial score (nSPS) is 17.3. The number of amides is 1. The van der Waals surface area contributed by atoms with Crippen LogP contribution < -0.4 is 9.47 Å². The maximum atomic E-state index is 13.1. The number of likely N-dealkylation sites (tertiary alicyclic amines) is 1. The summed E-state index contributed by atoms with van der Waals surface area (Å²) in [7, 11) is 3.09. The molecule has 0 aliphatic carbocycles. The first-order valence-corrected chi connectivity index (χ1v) is 10.6. The van der Waals surface area contributed by atoms with Crippen molar-refractivity contribution in [1.82, 2.24) is 4.90 Å². The molecule has 0 spiro atoms. The van der Waals surface area contributed by atoms with Crippen LogP contribution in [0.25, 0.3) is 5.76 Å². The van der Waals surface area contributed by atoms with Gasteiger partial charge in [-0.1, -0.05) is 48.0 Å². The molecule has 4 rings (SSSR count). The predicted molar refractivity (Wildman–Crippen MR) is 125 cm³/mol. The highest BCUT2D eigenvalue weighted by Crippen LogP contribution is 2.41. The third-order valence-electron chi connectivity index (χ3n) is 5.58. The second-order valence-electron chi connectivity index (χ2n) is 7.56. The summed E-state index contributed by atoms with van der Waals surface area (Å²) in [6.07, 6.45) is 0. The van der Waals surface area contributed by atoms with E-state index < -0.39 is 17.7 Å². The summed E-state index contributed by atoms with van der Waals surface area (Å²) in [6.45, 7) is 0.177. The van der Waals surface area contributed by atoms with E-state index in [-0.39, 0.29) is 17.9 Å². The van der Waals surface area contributed by atoms with E-state index in [1.165, 1.54) is 12.0 Å². The van der Waals surface area contributed by atoms with Crippen LogP contribution in [0.5, 0.6) is 11.5 Å². The summed E-state index contributed by atoms with van der Waals surface area (Å²) in [4.78, 5) is 27.7. The van der Waals surface area contributed by atoms with Crippen molar-refractivity contribution in [3.8, 4) is 11.5 Å². The van der Waals surface area contributed by atoms with Gasteiger partial charge < -0.3 is 19.5 Å². The molecule has 168 valence electrons. The fourth-order valence-corrected chi connectivity index (χ4v) is 4.01. The fourth-order valence-electron chi connectivity index (χ4n) is 3.89. The maximum Gasteiger partial charge on any atom is 0.295 e.